The molecular formula is C17H14N2O3S. The van der Waals surface area contributed by atoms with Gasteiger partial charge >= 0.3 is 6.09 Å². The summed E-state index contributed by atoms with van der Waals surface area (Å²) < 4.78 is 6.03. The minimum Gasteiger partial charge on any atom is -0.465 e. The zero-order valence-corrected chi connectivity index (χ0v) is 13.2. The SMILES string of the molecule is CC1=C(Oc2ccccc2)N2c3ccccc3SC2N1C(=O)O. The van der Waals surface area contributed by atoms with E-state index in [-0.39, 0.29) is 5.50 Å². The van der Waals surface area contributed by atoms with Gasteiger partial charge in [0, 0.05) is 4.90 Å². The second-order valence-corrected chi connectivity index (χ2v) is 6.34. The van der Waals surface area contributed by atoms with E-state index in [1.54, 1.807) is 6.92 Å². The third kappa shape index (κ3) is 2.14. The Morgan fingerprint density at radius 1 is 1.13 bits per heavy atom. The van der Waals surface area contributed by atoms with E-state index in [9.17, 15) is 9.90 Å². The third-order valence-electron chi connectivity index (χ3n) is 3.85. The van der Waals surface area contributed by atoms with Crippen LogP contribution in [0.1, 0.15) is 6.92 Å². The van der Waals surface area contributed by atoms with Crippen LogP contribution in [0, 0.1) is 0 Å². The van der Waals surface area contributed by atoms with Crippen LogP contribution in [0.25, 0.3) is 0 Å². The van der Waals surface area contributed by atoms with Crippen molar-refractivity contribution in [2.45, 2.75) is 17.3 Å². The summed E-state index contributed by atoms with van der Waals surface area (Å²) in [5, 5.41) is 9.59. The molecule has 4 rings (SSSR count). The Bertz CT molecular complexity index is 806. The number of hydrogen-bond acceptors (Lipinski definition) is 4. The van der Waals surface area contributed by atoms with Gasteiger partial charge in [0.25, 0.3) is 0 Å². The van der Waals surface area contributed by atoms with Gasteiger partial charge in [-0.15, -0.1) is 0 Å². The molecule has 116 valence electrons. The van der Waals surface area contributed by atoms with Crippen molar-refractivity contribution in [3.05, 3.63) is 66.2 Å². The maximum absolute atomic E-state index is 11.7. The first kappa shape index (κ1) is 14.0. The van der Waals surface area contributed by atoms with Gasteiger partial charge < -0.3 is 9.84 Å². The number of rotatable bonds is 2. The van der Waals surface area contributed by atoms with Gasteiger partial charge in [0.2, 0.25) is 5.88 Å². The summed E-state index contributed by atoms with van der Waals surface area (Å²) in [5.74, 6) is 1.24. The van der Waals surface area contributed by atoms with E-state index in [1.165, 1.54) is 16.7 Å². The number of carbonyl (C=O) groups is 1. The molecule has 2 aliphatic rings. The summed E-state index contributed by atoms with van der Waals surface area (Å²) in [4.78, 5) is 16.0. The molecule has 2 aliphatic heterocycles. The summed E-state index contributed by atoms with van der Waals surface area (Å²) >= 11 is 1.51. The molecule has 0 fully saturated rings. The number of anilines is 1. The van der Waals surface area contributed by atoms with E-state index < -0.39 is 6.09 Å². The number of hydrogen-bond donors (Lipinski definition) is 1. The van der Waals surface area contributed by atoms with Crippen LogP contribution in [0.4, 0.5) is 10.5 Å². The minimum absolute atomic E-state index is 0.358. The molecule has 2 heterocycles. The maximum Gasteiger partial charge on any atom is 0.414 e. The average molecular weight is 326 g/mol. The van der Waals surface area contributed by atoms with Crippen molar-refractivity contribution in [1.82, 2.24) is 4.90 Å². The van der Waals surface area contributed by atoms with Crippen LogP contribution in [0.15, 0.2) is 71.1 Å². The van der Waals surface area contributed by atoms with E-state index in [4.69, 9.17) is 4.74 Å². The Hall–Kier alpha value is -2.60. The van der Waals surface area contributed by atoms with Gasteiger partial charge in [-0.2, -0.15) is 0 Å². The van der Waals surface area contributed by atoms with Gasteiger partial charge in [-0.3, -0.25) is 4.90 Å². The van der Waals surface area contributed by atoms with E-state index in [0.717, 1.165) is 10.6 Å². The molecule has 2 aromatic carbocycles. The molecule has 1 amide bonds. The number of ether oxygens (including phenoxy) is 1. The van der Waals surface area contributed by atoms with E-state index in [1.807, 2.05) is 59.5 Å². The molecule has 1 unspecified atom stereocenters. The maximum atomic E-state index is 11.7. The lowest BCUT2D eigenvalue weighted by Gasteiger charge is -2.24. The summed E-state index contributed by atoms with van der Waals surface area (Å²) in [6.07, 6.45) is -0.982. The van der Waals surface area contributed by atoms with Gasteiger partial charge in [0.15, 0.2) is 5.50 Å². The Balaban J connectivity index is 1.79. The molecule has 0 bridgehead atoms. The van der Waals surface area contributed by atoms with Crippen LogP contribution in [-0.4, -0.2) is 21.6 Å². The first-order valence-corrected chi connectivity index (χ1v) is 8.05. The molecule has 0 saturated heterocycles. The highest BCUT2D eigenvalue weighted by molar-refractivity contribution is 8.00. The van der Waals surface area contributed by atoms with Crippen LogP contribution < -0.4 is 9.64 Å². The van der Waals surface area contributed by atoms with Crippen molar-refractivity contribution < 1.29 is 14.6 Å². The van der Waals surface area contributed by atoms with Crippen molar-refractivity contribution in [3.63, 3.8) is 0 Å². The van der Waals surface area contributed by atoms with Crippen molar-refractivity contribution in [3.8, 4) is 5.75 Å². The summed E-state index contributed by atoms with van der Waals surface area (Å²) in [6.45, 7) is 1.77. The van der Waals surface area contributed by atoms with Crippen LogP contribution in [0.5, 0.6) is 5.75 Å². The van der Waals surface area contributed by atoms with Gasteiger partial charge in [-0.25, -0.2) is 9.69 Å². The van der Waals surface area contributed by atoms with Gasteiger partial charge in [-0.1, -0.05) is 42.1 Å². The standard InChI is InChI=1S/C17H14N2O3S/c1-11-15(22-12-7-3-2-4-8-12)19-13-9-5-6-10-14(13)23-16(19)18(11)17(20)21/h2-10,16H,1H3,(H,20,21). The molecule has 0 radical (unpaired) electrons. The van der Waals surface area contributed by atoms with E-state index in [0.29, 0.717) is 17.3 Å². The second kappa shape index (κ2) is 5.24. The fourth-order valence-electron chi connectivity index (χ4n) is 2.82. The summed E-state index contributed by atoms with van der Waals surface area (Å²) in [7, 11) is 0. The van der Waals surface area contributed by atoms with E-state index >= 15 is 0 Å². The van der Waals surface area contributed by atoms with Crippen LogP contribution in [0.3, 0.4) is 0 Å². The predicted octanol–water partition coefficient (Wildman–Crippen LogP) is 4.14. The molecule has 0 aliphatic carbocycles. The molecule has 5 nitrogen and oxygen atoms in total. The highest BCUT2D eigenvalue weighted by Gasteiger charge is 2.47. The van der Waals surface area contributed by atoms with E-state index in [2.05, 4.69) is 0 Å². The quantitative estimate of drug-likeness (QED) is 0.899. The Morgan fingerprint density at radius 2 is 1.83 bits per heavy atom. The number of para-hydroxylation sites is 2. The highest BCUT2D eigenvalue weighted by atomic mass is 32.2. The predicted molar refractivity (Wildman–Crippen MR) is 88.2 cm³/mol. The number of benzene rings is 2. The van der Waals surface area contributed by atoms with Crippen LogP contribution in [0.2, 0.25) is 0 Å². The lowest BCUT2D eigenvalue weighted by molar-refractivity contribution is 0.159. The normalized spacial score (nSPS) is 18.9. The lowest BCUT2D eigenvalue weighted by Crippen LogP contribution is -2.38. The van der Waals surface area contributed by atoms with Gasteiger partial charge in [-0.05, 0) is 31.2 Å². The molecule has 1 N–H and O–H groups in total. The third-order valence-corrected chi connectivity index (χ3v) is 5.08. The highest BCUT2D eigenvalue weighted by Crippen LogP contribution is 2.51. The fraction of sp³-hybridized carbons (Fsp3) is 0.118. The first-order valence-electron chi connectivity index (χ1n) is 7.17. The van der Waals surface area contributed by atoms with Crippen molar-refractivity contribution >= 4 is 23.5 Å². The topological polar surface area (TPSA) is 53.0 Å². The number of carboxylic acid groups (broad SMARTS) is 1. The van der Waals surface area contributed by atoms with Crippen LogP contribution in [-0.2, 0) is 0 Å². The Labute approximate surface area is 137 Å². The van der Waals surface area contributed by atoms with Crippen molar-refractivity contribution in [1.29, 1.82) is 0 Å². The minimum atomic E-state index is -0.982. The molecule has 2 aromatic rings. The summed E-state index contributed by atoms with van der Waals surface area (Å²) in [6, 6.07) is 17.3. The number of thioether (sulfide) groups is 1. The largest absolute Gasteiger partial charge is 0.465 e. The molecule has 0 spiro atoms. The smallest absolute Gasteiger partial charge is 0.414 e. The molecule has 0 aromatic heterocycles. The second-order valence-electron chi connectivity index (χ2n) is 5.24. The zero-order chi connectivity index (χ0) is 16.0. The molecule has 0 saturated carbocycles. The van der Waals surface area contributed by atoms with Crippen molar-refractivity contribution in [2.24, 2.45) is 0 Å². The number of allylic oxidation sites excluding steroid dienone is 1. The first-order chi connectivity index (χ1) is 11.2. The lowest BCUT2D eigenvalue weighted by atomic mass is 10.3. The fourth-order valence-corrected chi connectivity index (χ4v) is 4.16. The van der Waals surface area contributed by atoms with Gasteiger partial charge in [0.05, 0.1) is 11.4 Å². The Morgan fingerprint density at radius 3 is 2.57 bits per heavy atom. The molecule has 6 heteroatoms. The monoisotopic (exact) mass is 326 g/mol. The number of fused-ring (bicyclic) bond motifs is 3. The zero-order valence-electron chi connectivity index (χ0n) is 12.3. The number of nitrogens with zero attached hydrogens (tertiary/aromatic N) is 2. The summed E-state index contributed by atoms with van der Waals surface area (Å²) in [5.41, 5.74) is 1.20. The molecular weight excluding hydrogens is 312 g/mol. The molecule has 23 heavy (non-hydrogen) atoms. The average Bonchev–Trinajstić information content (AvgIpc) is 3.03. The van der Waals surface area contributed by atoms with Crippen molar-refractivity contribution in [2.75, 3.05) is 4.90 Å². The molecule has 1 atom stereocenters. The number of amides is 1. The van der Waals surface area contributed by atoms with Gasteiger partial charge in [0.1, 0.15) is 5.75 Å². The Kier molecular flexibility index (Phi) is 3.20. The van der Waals surface area contributed by atoms with Crippen LogP contribution >= 0.6 is 11.8 Å².